The van der Waals surface area contributed by atoms with E-state index in [1.54, 1.807) is 0 Å². The number of nitrogens with one attached hydrogen (secondary N) is 1. The van der Waals surface area contributed by atoms with Crippen molar-refractivity contribution in [2.45, 2.75) is 25.8 Å². The summed E-state index contributed by atoms with van der Waals surface area (Å²) in [6, 6.07) is 8.23. The second-order valence-corrected chi connectivity index (χ2v) is 6.98. The fraction of sp³-hybridized carbons (Fsp3) is 0.267. The van der Waals surface area contributed by atoms with Crippen LogP contribution in [0.15, 0.2) is 39.4 Å². The summed E-state index contributed by atoms with van der Waals surface area (Å²) >= 11 is 6.89. The van der Waals surface area contributed by atoms with Gasteiger partial charge >= 0.3 is 0 Å². The van der Waals surface area contributed by atoms with Crippen molar-refractivity contribution in [1.82, 2.24) is 4.57 Å². The molecule has 0 atom stereocenters. The van der Waals surface area contributed by atoms with Crippen molar-refractivity contribution >= 4 is 43.5 Å². The van der Waals surface area contributed by atoms with Gasteiger partial charge in [-0.15, -0.1) is 0 Å². The summed E-state index contributed by atoms with van der Waals surface area (Å²) in [6.45, 7) is 2.00. The van der Waals surface area contributed by atoms with Crippen LogP contribution in [0, 0.1) is 6.92 Å². The molecule has 0 radical (unpaired) electrons. The molecule has 3 nitrogen and oxygen atoms in total. The summed E-state index contributed by atoms with van der Waals surface area (Å²) in [5.74, 6) is -0.0694. The van der Waals surface area contributed by atoms with Gasteiger partial charge in [-0.2, -0.15) is 0 Å². The van der Waals surface area contributed by atoms with Gasteiger partial charge in [-0.05, 0) is 65.5 Å². The van der Waals surface area contributed by atoms with Crippen LogP contribution in [0.1, 0.15) is 34.9 Å². The van der Waals surface area contributed by atoms with E-state index in [1.807, 2.05) is 37.4 Å². The van der Waals surface area contributed by atoms with Crippen LogP contribution in [-0.4, -0.2) is 10.5 Å². The Bertz CT molecular complexity index is 654. The maximum absolute atomic E-state index is 12.4. The third-order valence-corrected chi connectivity index (χ3v) is 4.18. The summed E-state index contributed by atoms with van der Waals surface area (Å²) in [6.07, 6.45) is 4.29. The molecule has 0 bridgehead atoms. The third kappa shape index (κ3) is 2.99. The van der Waals surface area contributed by atoms with Gasteiger partial charge in [0.2, 0.25) is 0 Å². The summed E-state index contributed by atoms with van der Waals surface area (Å²) in [5, 5.41) is 2.97. The smallest absolute Gasteiger partial charge is 0.272 e. The second-order valence-electron chi connectivity index (χ2n) is 5.15. The number of amides is 1. The number of benzene rings is 1. The molecule has 1 amide bonds. The lowest BCUT2D eigenvalue weighted by Gasteiger charge is -2.09. The number of hydrogen-bond donors (Lipinski definition) is 1. The zero-order valence-corrected chi connectivity index (χ0v) is 14.2. The van der Waals surface area contributed by atoms with Gasteiger partial charge in [-0.25, -0.2) is 0 Å². The summed E-state index contributed by atoms with van der Waals surface area (Å²) in [5.41, 5.74) is 2.62. The van der Waals surface area contributed by atoms with E-state index < -0.39 is 0 Å². The SMILES string of the molecule is Cc1cc(Br)cc(NC(=O)c2cc(Br)cn2C2CC2)c1. The Morgan fingerprint density at radius 1 is 1.20 bits per heavy atom. The highest BCUT2D eigenvalue weighted by Gasteiger charge is 2.27. The molecule has 1 N–H and O–H groups in total. The number of rotatable bonds is 3. The standard InChI is InChI=1S/C15H14Br2N2O/c1-9-4-10(16)6-12(5-9)18-15(20)14-7-11(17)8-19(14)13-2-3-13/h4-8,13H,2-3H2,1H3,(H,18,20). The van der Waals surface area contributed by atoms with Crippen LogP contribution in [0.2, 0.25) is 0 Å². The quantitative estimate of drug-likeness (QED) is 0.784. The average Bonchev–Trinajstić information content (AvgIpc) is 3.11. The van der Waals surface area contributed by atoms with Crippen LogP contribution in [-0.2, 0) is 0 Å². The molecule has 2 aromatic rings. The topological polar surface area (TPSA) is 34.0 Å². The molecule has 20 heavy (non-hydrogen) atoms. The van der Waals surface area contributed by atoms with Gasteiger partial charge in [0.1, 0.15) is 5.69 Å². The number of nitrogens with zero attached hydrogens (tertiary/aromatic N) is 1. The van der Waals surface area contributed by atoms with Crippen molar-refractivity contribution in [3.8, 4) is 0 Å². The molecule has 104 valence electrons. The second kappa shape index (κ2) is 5.37. The van der Waals surface area contributed by atoms with Gasteiger partial charge in [0.25, 0.3) is 5.91 Å². The van der Waals surface area contributed by atoms with Crippen LogP contribution >= 0.6 is 31.9 Å². The number of anilines is 1. The fourth-order valence-electron chi connectivity index (χ4n) is 2.29. The first-order valence-electron chi connectivity index (χ1n) is 6.49. The maximum Gasteiger partial charge on any atom is 0.272 e. The van der Waals surface area contributed by atoms with E-state index in [1.165, 1.54) is 0 Å². The Morgan fingerprint density at radius 2 is 1.95 bits per heavy atom. The first-order chi connectivity index (χ1) is 9.52. The number of carbonyl (C=O) groups is 1. The number of aromatic nitrogens is 1. The molecule has 1 heterocycles. The molecule has 5 heteroatoms. The highest BCUT2D eigenvalue weighted by molar-refractivity contribution is 9.10. The van der Waals surface area contributed by atoms with E-state index in [0.29, 0.717) is 11.7 Å². The molecular formula is C15H14Br2N2O. The Kier molecular flexibility index (Phi) is 3.73. The molecule has 1 aromatic carbocycles. The highest BCUT2D eigenvalue weighted by Crippen LogP contribution is 2.37. The van der Waals surface area contributed by atoms with Crippen LogP contribution in [0.3, 0.4) is 0 Å². The van der Waals surface area contributed by atoms with Crippen molar-refractivity contribution in [2.24, 2.45) is 0 Å². The maximum atomic E-state index is 12.4. The van der Waals surface area contributed by atoms with Crippen molar-refractivity contribution < 1.29 is 4.79 Å². The third-order valence-electron chi connectivity index (χ3n) is 3.29. The normalized spacial score (nSPS) is 14.3. The Balaban J connectivity index is 1.85. The molecule has 1 fully saturated rings. The minimum absolute atomic E-state index is 0.0694. The van der Waals surface area contributed by atoms with Crippen LogP contribution in [0.25, 0.3) is 0 Å². The number of aryl methyl sites for hydroxylation is 1. The number of carbonyl (C=O) groups excluding carboxylic acids is 1. The van der Waals surface area contributed by atoms with Gasteiger partial charge in [-0.1, -0.05) is 15.9 Å². The van der Waals surface area contributed by atoms with Crippen LogP contribution in [0.5, 0.6) is 0 Å². The fourth-order valence-corrected chi connectivity index (χ4v) is 3.33. The van der Waals surface area contributed by atoms with E-state index in [2.05, 4.69) is 41.7 Å². The van der Waals surface area contributed by atoms with Crippen molar-refractivity contribution in [1.29, 1.82) is 0 Å². The van der Waals surface area contributed by atoms with Crippen LogP contribution < -0.4 is 5.32 Å². The Morgan fingerprint density at radius 3 is 2.60 bits per heavy atom. The molecular weight excluding hydrogens is 384 g/mol. The summed E-state index contributed by atoms with van der Waals surface area (Å²) in [7, 11) is 0. The first-order valence-corrected chi connectivity index (χ1v) is 8.07. The van der Waals surface area contributed by atoms with E-state index in [-0.39, 0.29) is 5.91 Å². The van der Waals surface area contributed by atoms with E-state index in [4.69, 9.17) is 0 Å². The summed E-state index contributed by atoms with van der Waals surface area (Å²) < 4.78 is 3.97. The predicted octanol–water partition coefficient (Wildman–Crippen LogP) is 4.91. The Hall–Kier alpha value is -1.07. The first kappa shape index (κ1) is 13.9. The largest absolute Gasteiger partial charge is 0.339 e. The molecule has 1 saturated carbocycles. The van der Waals surface area contributed by atoms with Gasteiger partial charge in [0, 0.05) is 26.9 Å². The molecule has 3 rings (SSSR count). The van der Waals surface area contributed by atoms with Crippen molar-refractivity contribution in [3.05, 3.63) is 50.7 Å². The molecule has 0 aliphatic heterocycles. The molecule has 0 unspecified atom stereocenters. The zero-order chi connectivity index (χ0) is 14.3. The highest BCUT2D eigenvalue weighted by atomic mass is 79.9. The minimum atomic E-state index is -0.0694. The van der Waals surface area contributed by atoms with Gasteiger partial charge < -0.3 is 9.88 Å². The predicted molar refractivity (Wildman–Crippen MR) is 87.2 cm³/mol. The zero-order valence-electron chi connectivity index (χ0n) is 11.0. The van der Waals surface area contributed by atoms with Crippen LogP contribution in [0.4, 0.5) is 5.69 Å². The van der Waals surface area contributed by atoms with Gasteiger partial charge in [0.05, 0.1) is 0 Å². The molecule has 1 aromatic heterocycles. The van der Waals surface area contributed by atoms with E-state index in [0.717, 1.165) is 33.0 Å². The van der Waals surface area contributed by atoms with Gasteiger partial charge in [-0.3, -0.25) is 4.79 Å². The lowest BCUT2D eigenvalue weighted by atomic mass is 10.2. The Labute approximate surface area is 134 Å². The lowest BCUT2D eigenvalue weighted by molar-refractivity contribution is 0.101. The monoisotopic (exact) mass is 396 g/mol. The van der Waals surface area contributed by atoms with E-state index >= 15 is 0 Å². The summed E-state index contributed by atoms with van der Waals surface area (Å²) in [4.78, 5) is 12.4. The van der Waals surface area contributed by atoms with Gasteiger partial charge in [0.15, 0.2) is 0 Å². The number of halogens is 2. The molecule has 0 spiro atoms. The average molecular weight is 398 g/mol. The van der Waals surface area contributed by atoms with Crippen molar-refractivity contribution in [2.75, 3.05) is 5.32 Å². The van der Waals surface area contributed by atoms with E-state index in [9.17, 15) is 4.79 Å². The van der Waals surface area contributed by atoms with Crippen molar-refractivity contribution in [3.63, 3.8) is 0 Å². The lowest BCUT2D eigenvalue weighted by Crippen LogP contribution is -2.16. The molecule has 0 saturated heterocycles. The molecule has 1 aliphatic carbocycles. The molecule has 1 aliphatic rings. The minimum Gasteiger partial charge on any atom is -0.339 e. The number of hydrogen-bond acceptors (Lipinski definition) is 1.